The van der Waals surface area contributed by atoms with Crippen molar-refractivity contribution < 1.29 is 9.90 Å². The van der Waals surface area contributed by atoms with Gasteiger partial charge in [-0.2, -0.15) is 0 Å². The first kappa shape index (κ1) is 27.1. The van der Waals surface area contributed by atoms with Crippen molar-refractivity contribution >= 4 is 13.2 Å². The van der Waals surface area contributed by atoms with Crippen LogP contribution < -0.4 is 5.73 Å². The Labute approximate surface area is 158 Å². The third-order valence-corrected chi connectivity index (χ3v) is 10.9. The minimum atomic E-state index is -0.931. The van der Waals surface area contributed by atoms with Gasteiger partial charge in [0.25, 0.3) is 0 Å². The second kappa shape index (κ2) is 17.3. The fourth-order valence-electron chi connectivity index (χ4n) is 3.24. The van der Waals surface area contributed by atoms with E-state index < -0.39 is 19.3 Å². The van der Waals surface area contributed by atoms with E-state index in [4.69, 9.17) is 10.8 Å². The minimum absolute atomic E-state index is 0.0208. The monoisotopic (exact) mass is 377 g/mol. The van der Waals surface area contributed by atoms with Crippen molar-refractivity contribution in [3.05, 3.63) is 0 Å². The molecule has 0 radical (unpaired) electrons. The second-order valence-corrected chi connectivity index (χ2v) is 13.0. The average molecular weight is 378 g/mol. The van der Waals surface area contributed by atoms with E-state index in [1.54, 1.807) is 38.5 Å². The van der Waals surface area contributed by atoms with Gasteiger partial charge in [0, 0.05) is 0 Å². The molecule has 0 aliphatic rings. The summed E-state index contributed by atoms with van der Waals surface area (Å²) in [6, 6.07) is -0.713. The molecule has 0 aromatic carbocycles. The van der Waals surface area contributed by atoms with Crippen molar-refractivity contribution in [3.8, 4) is 0 Å². The number of carbonyl (C=O) groups is 1. The van der Waals surface area contributed by atoms with Crippen LogP contribution in [-0.2, 0) is 4.79 Å². The zero-order chi connectivity index (χ0) is 19.7. The number of carboxylic acids is 1. The van der Waals surface area contributed by atoms with E-state index in [2.05, 4.69) is 27.7 Å². The van der Waals surface area contributed by atoms with E-state index in [1.165, 1.54) is 51.4 Å². The molecule has 3 N–H and O–H groups in total. The summed E-state index contributed by atoms with van der Waals surface area (Å²) in [4.78, 5) is 10.0. The van der Waals surface area contributed by atoms with E-state index in [0.717, 1.165) is 0 Å². The molecular formula is C21H48NO2P. The first-order chi connectivity index (χ1) is 11.8. The van der Waals surface area contributed by atoms with Crippen LogP contribution in [0.3, 0.4) is 0 Å². The molecule has 0 aliphatic heterocycles. The van der Waals surface area contributed by atoms with Gasteiger partial charge < -0.3 is 10.8 Å². The van der Waals surface area contributed by atoms with Gasteiger partial charge in [0.1, 0.15) is 6.04 Å². The number of carboxylic acid groups (broad SMARTS) is 1. The maximum absolute atomic E-state index is 10.0. The standard InChI is InChI=1S/C16H37P.C5H11NO2/c1-5-9-13-17(14-10-6-2,15-11-7-3)16-12-8-4;1-3(2)4(6)5(7)8/h17H,5-16H2,1-4H3;3-4H,6H2,1-2H3,(H,7,8)/t;4-/m.0/s1. The predicted octanol–water partition coefficient (Wildman–Crippen LogP) is 5.99. The van der Waals surface area contributed by atoms with Gasteiger partial charge in [-0.25, -0.2) is 0 Å². The number of hydrogen-bond acceptors (Lipinski definition) is 2. The molecule has 0 saturated heterocycles. The molecule has 0 bridgehead atoms. The number of nitrogens with two attached hydrogens (primary N) is 1. The molecule has 154 valence electrons. The van der Waals surface area contributed by atoms with Crippen molar-refractivity contribution in [2.45, 2.75) is 99.0 Å². The zero-order valence-electron chi connectivity index (χ0n) is 18.1. The van der Waals surface area contributed by atoms with E-state index in [0.29, 0.717) is 0 Å². The maximum atomic E-state index is 10.0. The summed E-state index contributed by atoms with van der Waals surface area (Å²) in [5.41, 5.74) is 5.16. The molecule has 1 atom stereocenters. The van der Waals surface area contributed by atoms with Gasteiger partial charge in [-0.1, -0.05) is 13.8 Å². The van der Waals surface area contributed by atoms with Crippen molar-refractivity contribution in [1.82, 2.24) is 0 Å². The molecule has 0 amide bonds. The summed E-state index contributed by atoms with van der Waals surface area (Å²) in [5.74, 6) is -0.910. The summed E-state index contributed by atoms with van der Waals surface area (Å²) in [5, 5.41) is 8.23. The second-order valence-electron chi connectivity index (χ2n) is 8.02. The van der Waals surface area contributed by atoms with Gasteiger partial charge in [-0.05, 0) is 5.92 Å². The SMILES string of the molecule is CC(C)[C@H](N)C(=O)O.CCCC[PH](CCCC)(CCCC)CCCC. The summed E-state index contributed by atoms with van der Waals surface area (Å²) in [6.45, 7) is 13.0. The van der Waals surface area contributed by atoms with Gasteiger partial charge in [0.05, 0.1) is 0 Å². The predicted molar refractivity (Wildman–Crippen MR) is 118 cm³/mol. The van der Waals surface area contributed by atoms with Crippen LogP contribution in [0.5, 0.6) is 0 Å². The van der Waals surface area contributed by atoms with Crippen LogP contribution in [0.4, 0.5) is 0 Å². The molecule has 0 saturated carbocycles. The summed E-state index contributed by atoms with van der Waals surface area (Å²) in [7, 11) is -0.879. The molecule has 0 spiro atoms. The first-order valence-electron chi connectivity index (χ1n) is 10.8. The molecule has 0 unspecified atom stereocenters. The Balaban J connectivity index is 0. The van der Waals surface area contributed by atoms with Crippen LogP contribution in [0.2, 0.25) is 0 Å². The molecular weight excluding hydrogens is 329 g/mol. The number of unbranched alkanes of at least 4 members (excludes halogenated alkanes) is 4. The quantitative estimate of drug-likeness (QED) is 0.365. The molecule has 3 nitrogen and oxygen atoms in total. The number of rotatable bonds is 14. The third-order valence-electron chi connectivity index (χ3n) is 5.25. The van der Waals surface area contributed by atoms with Crippen molar-refractivity contribution in [2.24, 2.45) is 11.7 Å². The topological polar surface area (TPSA) is 63.3 Å². The Morgan fingerprint density at radius 3 is 1.20 bits per heavy atom. The van der Waals surface area contributed by atoms with Gasteiger partial charge in [0.2, 0.25) is 0 Å². The Hall–Kier alpha value is -0.140. The Kier molecular flexibility index (Phi) is 18.7. The van der Waals surface area contributed by atoms with E-state index >= 15 is 0 Å². The summed E-state index contributed by atoms with van der Waals surface area (Å²) >= 11 is 0. The molecule has 0 aliphatic carbocycles. The van der Waals surface area contributed by atoms with Crippen LogP contribution in [-0.4, -0.2) is 41.8 Å². The third kappa shape index (κ3) is 14.7. The first-order valence-corrected chi connectivity index (χ1v) is 13.6. The Morgan fingerprint density at radius 1 is 0.800 bits per heavy atom. The molecule has 4 heteroatoms. The fraction of sp³-hybridized carbons (Fsp3) is 0.952. The van der Waals surface area contributed by atoms with E-state index in [-0.39, 0.29) is 5.92 Å². The van der Waals surface area contributed by atoms with Gasteiger partial charge in [-0.15, -0.1) is 0 Å². The number of aliphatic carboxylic acids is 1. The van der Waals surface area contributed by atoms with E-state index in [1.807, 2.05) is 0 Å². The van der Waals surface area contributed by atoms with Crippen LogP contribution in [0.1, 0.15) is 92.9 Å². The molecule has 0 aromatic heterocycles. The van der Waals surface area contributed by atoms with Gasteiger partial charge in [-0.3, -0.25) is 4.79 Å². The molecule has 0 rings (SSSR count). The van der Waals surface area contributed by atoms with Gasteiger partial charge >= 0.3 is 117 Å². The fourth-order valence-corrected chi connectivity index (χ4v) is 9.16. The van der Waals surface area contributed by atoms with Crippen LogP contribution >= 0.6 is 7.26 Å². The van der Waals surface area contributed by atoms with E-state index in [9.17, 15) is 4.79 Å². The zero-order valence-corrected chi connectivity index (χ0v) is 19.1. The van der Waals surface area contributed by atoms with Crippen LogP contribution in [0, 0.1) is 5.92 Å². The number of hydrogen-bond donors (Lipinski definition) is 2. The van der Waals surface area contributed by atoms with Crippen molar-refractivity contribution in [3.63, 3.8) is 0 Å². The van der Waals surface area contributed by atoms with Crippen LogP contribution in [0.15, 0.2) is 0 Å². The molecule has 0 heterocycles. The van der Waals surface area contributed by atoms with Gasteiger partial charge in [0.15, 0.2) is 0 Å². The normalized spacial score (nSPS) is 13.3. The molecule has 0 aromatic rings. The summed E-state index contributed by atoms with van der Waals surface area (Å²) < 4.78 is 0. The van der Waals surface area contributed by atoms with Crippen molar-refractivity contribution in [1.29, 1.82) is 0 Å². The molecule has 25 heavy (non-hydrogen) atoms. The Bertz CT molecular complexity index is 271. The average Bonchev–Trinajstić information content (AvgIpc) is 2.60. The van der Waals surface area contributed by atoms with Crippen molar-refractivity contribution in [2.75, 3.05) is 24.6 Å². The Morgan fingerprint density at radius 2 is 1.08 bits per heavy atom. The summed E-state index contributed by atoms with van der Waals surface area (Å²) in [6.07, 6.45) is 18.1. The molecule has 0 fully saturated rings. The van der Waals surface area contributed by atoms with Crippen LogP contribution in [0.25, 0.3) is 0 Å².